The van der Waals surface area contributed by atoms with E-state index in [-0.39, 0.29) is 5.41 Å². The Bertz CT molecular complexity index is 3200. The summed E-state index contributed by atoms with van der Waals surface area (Å²) in [6.07, 6.45) is 0. The molecule has 59 heavy (non-hydrogen) atoms. The molecule has 278 valence electrons. The molecule has 11 rings (SSSR count). The fourth-order valence-electron chi connectivity index (χ4n) is 9.40. The van der Waals surface area contributed by atoms with Crippen molar-refractivity contribution in [2.45, 2.75) is 19.3 Å². The molecular formula is C57H40N2. The van der Waals surface area contributed by atoms with Crippen LogP contribution >= 0.6 is 0 Å². The van der Waals surface area contributed by atoms with Gasteiger partial charge in [0, 0.05) is 22.1 Å². The Balaban J connectivity index is 0.988. The van der Waals surface area contributed by atoms with Gasteiger partial charge in [0.15, 0.2) is 5.82 Å². The van der Waals surface area contributed by atoms with E-state index < -0.39 is 0 Å². The van der Waals surface area contributed by atoms with Gasteiger partial charge >= 0.3 is 0 Å². The first kappa shape index (κ1) is 34.8. The van der Waals surface area contributed by atoms with Gasteiger partial charge in [0.25, 0.3) is 0 Å². The number of benzene rings is 9. The molecule has 9 aromatic carbocycles. The first-order valence-electron chi connectivity index (χ1n) is 20.4. The van der Waals surface area contributed by atoms with Crippen LogP contribution in [0.2, 0.25) is 0 Å². The van der Waals surface area contributed by atoms with E-state index in [4.69, 9.17) is 9.97 Å². The number of fused-ring (bicyclic) bond motifs is 6. The Morgan fingerprint density at radius 1 is 0.339 bits per heavy atom. The first-order valence-corrected chi connectivity index (χ1v) is 20.4. The molecule has 2 nitrogen and oxygen atoms in total. The van der Waals surface area contributed by atoms with Crippen LogP contribution in [0.3, 0.4) is 0 Å². The summed E-state index contributed by atoms with van der Waals surface area (Å²) >= 11 is 0. The third-order valence-corrected chi connectivity index (χ3v) is 12.3. The lowest BCUT2D eigenvalue weighted by Crippen LogP contribution is -2.16. The van der Waals surface area contributed by atoms with Crippen molar-refractivity contribution in [1.82, 2.24) is 9.97 Å². The molecule has 0 aliphatic heterocycles. The molecule has 0 atom stereocenters. The van der Waals surface area contributed by atoms with Gasteiger partial charge in [-0.3, -0.25) is 0 Å². The number of rotatable bonds is 6. The normalized spacial score (nSPS) is 12.7. The van der Waals surface area contributed by atoms with Crippen LogP contribution in [0, 0.1) is 0 Å². The van der Waals surface area contributed by atoms with Crippen molar-refractivity contribution in [2.75, 3.05) is 0 Å². The van der Waals surface area contributed by atoms with Crippen LogP contribution in [0.25, 0.3) is 100.0 Å². The molecule has 0 N–H and O–H groups in total. The minimum atomic E-state index is -0.124. The maximum Gasteiger partial charge on any atom is 0.161 e. The standard InChI is InChI=1S/C57H40N2/c1-57(2)51-35-32-39-16-9-10-19-45(39)54(51)50-23-13-22-46(55(50)57)41-28-26-40(27-29-41)44-33-34-49(48-21-12-11-20-47(44)48)56-58-52(42-17-7-4-8-18-42)36-53(59-56)43-30-24-38(25-31-43)37-14-5-3-6-15-37/h3-36H,1-2H3. The van der Waals surface area contributed by atoms with E-state index in [1.165, 1.54) is 71.8 Å². The van der Waals surface area contributed by atoms with Crippen molar-refractivity contribution >= 4 is 21.5 Å². The lowest BCUT2D eigenvalue weighted by molar-refractivity contribution is 0.662. The van der Waals surface area contributed by atoms with Gasteiger partial charge in [-0.2, -0.15) is 0 Å². The van der Waals surface area contributed by atoms with Gasteiger partial charge in [-0.05, 0) is 89.3 Å². The van der Waals surface area contributed by atoms with Crippen LogP contribution in [0.4, 0.5) is 0 Å². The fraction of sp³-hybridized carbons (Fsp3) is 0.0526. The summed E-state index contributed by atoms with van der Waals surface area (Å²) < 4.78 is 0. The van der Waals surface area contributed by atoms with Gasteiger partial charge in [-0.25, -0.2) is 9.97 Å². The SMILES string of the molecule is CC1(C)c2ccc3ccccc3c2-c2cccc(-c3ccc(-c4ccc(-c5nc(-c6ccccc6)cc(-c6ccc(-c7ccccc7)cc6)n5)c5ccccc45)cc3)c21. The van der Waals surface area contributed by atoms with Crippen LogP contribution in [0.15, 0.2) is 206 Å². The van der Waals surface area contributed by atoms with Crippen molar-refractivity contribution in [2.24, 2.45) is 0 Å². The molecule has 0 saturated heterocycles. The average molecular weight is 753 g/mol. The number of hydrogen-bond donors (Lipinski definition) is 0. The molecule has 1 heterocycles. The van der Waals surface area contributed by atoms with E-state index in [1.54, 1.807) is 0 Å². The molecule has 0 fully saturated rings. The highest BCUT2D eigenvalue weighted by Gasteiger charge is 2.38. The molecule has 2 heteroatoms. The van der Waals surface area contributed by atoms with E-state index >= 15 is 0 Å². The summed E-state index contributed by atoms with van der Waals surface area (Å²) in [5.74, 6) is 0.709. The van der Waals surface area contributed by atoms with Gasteiger partial charge < -0.3 is 0 Å². The molecule has 1 aromatic heterocycles. The number of aromatic nitrogens is 2. The highest BCUT2D eigenvalue weighted by Crippen LogP contribution is 2.54. The highest BCUT2D eigenvalue weighted by atomic mass is 14.9. The monoisotopic (exact) mass is 752 g/mol. The van der Waals surface area contributed by atoms with Gasteiger partial charge in [-0.1, -0.05) is 208 Å². The van der Waals surface area contributed by atoms with E-state index in [9.17, 15) is 0 Å². The molecule has 0 amide bonds. The molecule has 0 saturated carbocycles. The third kappa shape index (κ3) is 5.87. The summed E-state index contributed by atoms with van der Waals surface area (Å²) in [5.41, 5.74) is 17.6. The molecule has 10 aromatic rings. The van der Waals surface area contributed by atoms with Crippen molar-refractivity contribution in [3.05, 3.63) is 217 Å². The topological polar surface area (TPSA) is 25.8 Å². The fourth-order valence-corrected chi connectivity index (χ4v) is 9.40. The molecule has 1 aliphatic carbocycles. The zero-order valence-corrected chi connectivity index (χ0v) is 33.0. The number of nitrogens with zero attached hydrogens (tertiary/aromatic N) is 2. The Labute approximate surface area is 345 Å². The maximum atomic E-state index is 5.26. The first-order chi connectivity index (χ1) is 29.0. The van der Waals surface area contributed by atoms with E-state index in [2.05, 4.69) is 214 Å². The van der Waals surface area contributed by atoms with Crippen LogP contribution in [-0.2, 0) is 5.41 Å². The van der Waals surface area contributed by atoms with E-state index in [0.29, 0.717) is 5.82 Å². The summed E-state index contributed by atoms with van der Waals surface area (Å²) in [5, 5.41) is 4.90. The summed E-state index contributed by atoms with van der Waals surface area (Å²) in [6, 6.07) is 74.2. The van der Waals surface area contributed by atoms with Crippen molar-refractivity contribution < 1.29 is 0 Å². The van der Waals surface area contributed by atoms with E-state index in [0.717, 1.165) is 33.5 Å². The summed E-state index contributed by atoms with van der Waals surface area (Å²) in [4.78, 5) is 10.5. The van der Waals surface area contributed by atoms with Crippen LogP contribution in [0.1, 0.15) is 25.0 Å². The predicted octanol–water partition coefficient (Wildman–Crippen LogP) is 15.1. The maximum absolute atomic E-state index is 5.26. The Morgan fingerprint density at radius 3 is 1.53 bits per heavy atom. The van der Waals surface area contributed by atoms with Gasteiger partial charge in [-0.15, -0.1) is 0 Å². The molecule has 0 bridgehead atoms. The minimum absolute atomic E-state index is 0.124. The molecular weight excluding hydrogens is 713 g/mol. The van der Waals surface area contributed by atoms with Crippen molar-refractivity contribution in [1.29, 1.82) is 0 Å². The Hall–Kier alpha value is -7.42. The quantitative estimate of drug-likeness (QED) is 0.169. The van der Waals surface area contributed by atoms with Gasteiger partial charge in [0.1, 0.15) is 0 Å². The third-order valence-electron chi connectivity index (χ3n) is 12.3. The molecule has 1 aliphatic rings. The lowest BCUT2D eigenvalue weighted by Gasteiger charge is -2.24. The van der Waals surface area contributed by atoms with Gasteiger partial charge in [0.2, 0.25) is 0 Å². The zero-order valence-electron chi connectivity index (χ0n) is 33.0. The van der Waals surface area contributed by atoms with Crippen molar-refractivity contribution in [3.63, 3.8) is 0 Å². The Kier molecular flexibility index (Phi) is 8.20. The summed E-state index contributed by atoms with van der Waals surface area (Å²) in [6.45, 7) is 4.75. The predicted molar refractivity (Wildman–Crippen MR) is 247 cm³/mol. The Morgan fingerprint density at radius 2 is 0.831 bits per heavy atom. The molecule has 0 radical (unpaired) electrons. The second kappa shape index (κ2) is 13.9. The second-order valence-electron chi connectivity index (χ2n) is 16.1. The van der Waals surface area contributed by atoms with Crippen molar-refractivity contribution in [3.8, 4) is 78.4 Å². The average Bonchev–Trinajstić information content (AvgIpc) is 3.55. The second-order valence-corrected chi connectivity index (χ2v) is 16.1. The van der Waals surface area contributed by atoms with Gasteiger partial charge in [0.05, 0.1) is 11.4 Å². The minimum Gasteiger partial charge on any atom is -0.228 e. The zero-order chi connectivity index (χ0) is 39.5. The summed E-state index contributed by atoms with van der Waals surface area (Å²) in [7, 11) is 0. The molecule has 0 unspecified atom stereocenters. The highest BCUT2D eigenvalue weighted by molar-refractivity contribution is 6.06. The molecule has 0 spiro atoms. The smallest absolute Gasteiger partial charge is 0.161 e. The van der Waals surface area contributed by atoms with Crippen LogP contribution in [0.5, 0.6) is 0 Å². The van der Waals surface area contributed by atoms with E-state index in [1.807, 2.05) is 6.07 Å². The number of hydrogen-bond acceptors (Lipinski definition) is 2. The largest absolute Gasteiger partial charge is 0.228 e. The van der Waals surface area contributed by atoms with Crippen LogP contribution < -0.4 is 0 Å². The lowest BCUT2D eigenvalue weighted by atomic mass is 9.78. The van der Waals surface area contributed by atoms with Crippen LogP contribution in [-0.4, -0.2) is 9.97 Å².